The highest BCUT2D eigenvalue weighted by Gasteiger charge is 2.26. The lowest BCUT2D eigenvalue weighted by Crippen LogP contribution is -2.40. The summed E-state index contributed by atoms with van der Waals surface area (Å²) in [4.78, 5) is 12.7. The molecule has 1 unspecified atom stereocenters. The molecule has 7 nitrogen and oxygen atoms in total. The summed E-state index contributed by atoms with van der Waals surface area (Å²) in [6.45, 7) is 3.13. The summed E-state index contributed by atoms with van der Waals surface area (Å²) in [6.07, 6.45) is -0.724. The van der Waals surface area contributed by atoms with Crippen LogP contribution in [-0.4, -0.2) is 51.0 Å². The van der Waals surface area contributed by atoms with Crippen molar-refractivity contribution < 1.29 is 22.7 Å². The molecule has 1 N–H and O–H groups in total. The molecule has 8 heteroatoms. The van der Waals surface area contributed by atoms with Gasteiger partial charge in [0.1, 0.15) is 5.75 Å². The van der Waals surface area contributed by atoms with E-state index in [0.717, 1.165) is 10.8 Å². The first-order valence-electron chi connectivity index (χ1n) is 10.1. The Morgan fingerprint density at radius 3 is 2.39 bits per heavy atom. The van der Waals surface area contributed by atoms with E-state index in [4.69, 9.17) is 9.47 Å². The molecular formula is C23H24N2O5S. The number of anilines is 1. The minimum Gasteiger partial charge on any atom is -0.481 e. The van der Waals surface area contributed by atoms with E-state index in [-0.39, 0.29) is 10.8 Å². The molecule has 3 aromatic rings. The number of sulfonamides is 1. The van der Waals surface area contributed by atoms with Gasteiger partial charge in [-0.15, -0.1) is 0 Å². The molecule has 1 saturated heterocycles. The van der Waals surface area contributed by atoms with E-state index in [1.54, 1.807) is 19.1 Å². The van der Waals surface area contributed by atoms with Crippen molar-refractivity contribution in [3.63, 3.8) is 0 Å². The van der Waals surface area contributed by atoms with Gasteiger partial charge in [0.2, 0.25) is 10.0 Å². The molecule has 0 aromatic heterocycles. The predicted octanol–water partition coefficient (Wildman–Crippen LogP) is 3.27. The molecule has 3 aromatic carbocycles. The number of nitrogens with one attached hydrogen (secondary N) is 1. The van der Waals surface area contributed by atoms with Crippen LogP contribution in [-0.2, 0) is 19.6 Å². The number of hydrogen-bond donors (Lipinski definition) is 1. The SMILES string of the molecule is CC(Oc1ccc2ccccc2c1)C(=O)Nc1ccc(S(=O)(=O)N2CCOCC2)cc1. The number of hydrogen-bond acceptors (Lipinski definition) is 5. The van der Waals surface area contributed by atoms with Crippen LogP contribution in [0.25, 0.3) is 10.8 Å². The fraction of sp³-hybridized carbons (Fsp3) is 0.261. The molecule has 162 valence electrons. The average Bonchev–Trinajstić information content (AvgIpc) is 2.80. The maximum absolute atomic E-state index is 12.7. The van der Waals surface area contributed by atoms with E-state index in [2.05, 4.69) is 5.32 Å². The standard InChI is InChI=1S/C23H24N2O5S/c1-17(30-21-9-6-18-4-2-3-5-19(18)16-21)23(26)24-20-7-10-22(11-8-20)31(27,28)25-12-14-29-15-13-25/h2-11,16-17H,12-15H2,1H3,(H,24,26). The molecule has 1 fully saturated rings. The van der Waals surface area contributed by atoms with Crippen LogP contribution in [0.2, 0.25) is 0 Å². The minimum absolute atomic E-state index is 0.188. The van der Waals surface area contributed by atoms with E-state index in [1.807, 2.05) is 42.5 Å². The van der Waals surface area contributed by atoms with Gasteiger partial charge in [-0.2, -0.15) is 4.31 Å². The number of carbonyl (C=O) groups is 1. The first kappa shape index (κ1) is 21.3. The Morgan fingerprint density at radius 1 is 1.00 bits per heavy atom. The summed E-state index contributed by atoms with van der Waals surface area (Å²) in [5.74, 6) is 0.283. The van der Waals surface area contributed by atoms with Gasteiger partial charge in [0, 0.05) is 18.8 Å². The summed E-state index contributed by atoms with van der Waals surface area (Å²) >= 11 is 0. The van der Waals surface area contributed by atoms with Crippen molar-refractivity contribution >= 4 is 32.4 Å². The largest absolute Gasteiger partial charge is 0.481 e. The molecule has 1 aliphatic heterocycles. The molecule has 0 saturated carbocycles. The Balaban J connectivity index is 1.39. The highest BCUT2D eigenvalue weighted by molar-refractivity contribution is 7.89. The zero-order valence-electron chi connectivity index (χ0n) is 17.2. The Morgan fingerprint density at radius 2 is 1.68 bits per heavy atom. The Hall–Kier alpha value is -2.94. The fourth-order valence-electron chi connectivity index (χ4n) is 3.39. The van der Waals surface area contributed by atoms with Crippen LogP contribution in [0.5, 0.6) is 5.75 Å². The van der Waals surface area contributed by atoms with Crippen molar-refractivity contribution in [3.8, 4) is 5.75 Å². The number of amides is 1. The third-order valence-electron chi connectivity index (χ3n) is 5.13. The van der Waals surface area contributed by atoms with E-state index < -0.39 is 16.1 Å². The quantitative estimate of drug-likeness (QED) is 0.636. The highest BCUT2D eigenvalue weighted by atomic mass is 32.2. The number of fused-ring (bicyclic) bond motifs is 1. The zero-order chi connectivity index (χ0) is 21.8. The topological polar surface area (TPSA) is 84.9 Å². The molecule has 1 aliphatic rings. The highest BCUT2D eigenvalue weighted by Crippen LogP contribution is 2.22. The predicted molar refractivity (Wildman–Crippen MR) is 119 cm³/mol. The molecule has 31 heavy (non-hydrogen) atoms. The van der Waals surface area contributed by atoms with E-state index in [9.17, 15) is 13.2 Å². The van der Waals surface area contributed by atoms with Crippen molar-refractivity contribution in [1.29, 1.82) is 0 Å². The maximum atomic E-state index is 12.7. The molecule has 1 atom stereocenters. The second kappa shape index (κ2) is 9.05. The number of morpholine rings is 1. The third kappa shape index (κ3) is 4.87. The second-order valence-corrected chi connectivity index (χ2v) is 9.24. The van der Waals surface area contributed by atoms with Gasteiger partial charge < -0.3 is 14.8 Å². The van der Waals surface area contributed by atoms with Gasteiger partial charge in [0.25, 0.3) is 5.91 Å². The van der Waals surface area contributed by atoms with Crippen molar-refractivity contribution in [1.82, 2.24) is 4.31 Å². The van der Waals surface area contributed by atoms with Crippen LogP contribution < -0.4 is 10.1 Å². The molecule has 0 spiro atoms. The molecule has 0 radical (unpaired) electrons. The second-order valence-electron chi connectivity index (χ2n) is 7.30. The Kier molecular flexibility index (Phi) is 6.22. The van der Waals surface area contributed by atoms with Crippen LogP contribution >= 0.6 is 0 Å². The van der Waals surface area contributed by atoms with Crippen LogP contribution in [0.3, 0.4) is 0 Å². The van der Waals surface area contributed by atoms with Gasteiger partial charge in [0.05, 0.1) is 18.1 Å². The molecule has 1 heterocycles. The number of nitrogens with zero attached hydrogens (tertiary/aromatic N) is 1. The Labute approximate surface area is 181 Å². The fourth-order valence-corrected chi connectivity index (χ4v) is 4.80. The molecular weight excluding hydrogens is 416 g/mol. The van der Waals surface area contributed by atoms with Gasteiger partial charge in [-0.1, -0.05) is 30.3 Å². The van der Waals surface area contributed by atoms with Crippen molar-refractivity contribution in [3.05, 3.63) is 66.7 Å². The van der Waals surface area contributed by atoms with Gasteiger partial charge in [-0.05, 0) is 54.1 Å². The molecule has 0 bridgehead atoms. The lowest BCUT2D eigenvalue weighted by Gasteiger charge is -2.26. The lowest BCUT2D eigenvalue weighted by molar-refractivity contribution is -0.122. The summed E-state index contributed by atoms with van der Waals surface area (Å²) in [6, 6.07) is 19.7. The maximum Gasteiger partial charge on any atom is 0.265 e. The smallest absolute Gasteiger partial charge is 0.265 e. The lowest BCUT2D eigenvalue weighted by atomic mass is 10.1. The zero-order valence-corrected chi connectivity index (χ0v) is 18.0. The van der Waals surface area contributed by atoms with E-state index in [0.29, 0.717) is 37.7 Å². The van der Waals surface area contributed by atoms with E-state index >= 15 is 0 Å². The van der Waals surface area contributed by atoms with Crippen LogP contribution in [0.1, 0.15) is 6.92 Å². The third-order valence-corrected chi connectivity index (χ3v) is 7.05. The van der Waals surface area contributed by atoms with Gasteiger partial charge in [0.15, 0.2) is 6.10 Å². The van der Waals surface area contributed by atoms with Crippen LogP contribution in [0.15, 0.2) is 71.6 Å². The number of carbonyl (C=O) groups excluding carboxylic acids is 1. The number of benzene rings is 3. The molecule has 1 amide bonds. The monoisotopic (exact) mass is 440 g/mol. The van der Waals surface area contributed by atoms with Crippen LogP contribution in [0, 0.1) is 0 Å². The van der Waals surface area contributed by atoms with E-state index in [1.165, 1.54) is 16.4 Å². The van der Waals surface area contributed by atoms with Crippen molar-refractivity contribution in [2.24, 2.45) is 0 Å². The summed E-state index contributed by atoms with van der Waals surface area (Å²) in [5.41, 5.74) is 0.500. The summed E-state index contributed by atoms with van der Waals surface area (Å²) in [5, 5.41) is 4.89. The normalized spacial score (nSPS) is 16.0. The van der Waals surface area contributed by atoms with Crippen molar-refractivity contribution in [2.45, 2.75) is 17.9 Å². The van der Waals surface area contributed by atoms with Crippen molar-refractivity contribution in [2.75, 3.05) is 31.6 Å². The first-order valence-corrected chi connectivity index (χ1v) is 11.5. The van der Waals surface area contributed by atoms with Gasteiger partial charge >= 0.3 is 0 Å². The number of ether oxygens (including phenoxy) is 2. The first-order chi connectivity index (χ1) is 14.9. The summed E-state index contributed by atoms with van der Waals surface area (Å²) < 4.78 is 37.8. The summed E-state index contributed by atoms with van der Waals surface area (Å²) in [7, 11) is -3.57. The average molecular weight is 441 g/mol. The van der Waals surface area contributed by atoms with Gasteiger partial charge in [-0.25, -0.2) is 8.42 Å². The molecule has 4 rings (SSSR count). The van der Waals surface area contributed by atoms with Gasteiger partial charge in [-0.3, -0.25) is 4.79 Å². The number of rotatable bonds is 6. The Bertz CT molecular complexity index is 1170. The molecule has 0 aliphatic carbocycles. The minimum atomic E-state index is -3.57. The van der Waals surface area contributed by atoms with Crippen LogP contribution in [0.4, 0.5) is 5.69 Å².